The summed E-state index contributed by atoms with van der Waals surface area (Å²) in [5.74, 6) is -7.05. The minimum Gasteiger partial charge on any atom is -0.508 e. The zero-order valence-corrected chi connectivity index (χ0v) is 23.2. The average molecular weight is 561 g/mol. The van der Waals surface area contributed by atoms with Gasteiger partial charge >= 0.3 is 5.97 Å². The number of phenolic OH excluding ortho intramolecular Hbond substituents is 1. The molecule has 3 aliphatic carbocycles. The molecule has 0 aliphatic heterocycles. The molecule has 2 aromatic carbocycles. The van der Waals surface area contributed by atoms with Crippen molar-refractivity contribution in [2.75, 3.05) is 0 Å². The fourth-order valence-corrected chi connectivity index (χ4v) is 6.76. The highest BCUT2D eigenvalue weighted by Gasteiger charge is 2.63. The highest BCUT2D eigenvalue weighted by molar-refractivity contribution is 6.24. The van der Waals surface area contributed by atoms with Crippen molar-refractivity contribution in [2.24, 2.45) is 23.7 Å². The quantitative estimate of drug-likeness (QED) is 0.236. The number of Topliss-reactive ketones (excluding diaryl/α,β-unsaturated/α-hetero) is 3. The molecule has 9 nitrogen and oxygen atoms in total. The number of benzene rings is 2. The van der Waals surface area contributed by atoms with E-state index < -0.39 is 57.8 Å². The average Bonchev–Trinajstić information content (AvgIpc) is 2.91. The molecule has 0 amide bonds. The number of ether oxygens (including phenoxy) is 1. The van der Waals surface area contributed by atoms with Crippen LogP contribution in [-0.4, -0.2) is 49.3 Å². The van der Waals surface area contributed by atoms with E-state index in [9.17, 15) is 39.6 Å². The van der Waals surface area contributed by atoms with Crippen molar-refractivity contribution >= 4 is 29.1 Å². The van der Waals surface area contributed by atoms with Gasteiger partial charge in [-0.3, -0.25) is 19.2 Å². The zero-order chi connectivity index (χ0) is 30.0. The van der Waals surface area contributed by atoms with Gasteiger partial charge in [0.1, 0.15) is 28.6 Å². The summed E-state index contributed by atoms with van der Waals surface area (Å²) in [4.78, 5) is 51.4. The molecule has 1 saturated carbocycles. The molecule has 0 aromatic heterocycles. The van der Waals surface area contributed by atoms with Crippen LogP contribution in [-0.2, 0) is 25.6 Å². The second kappa shape index (κ2) is 9.99. The van der Waals surface area contributed by atoms with E-state index in [0.717, 1.165) is 6.92 Å². The van der Waals surface area contributed by atoms with Gasteiger partial charge in [0.15, 0.2) is 17.2 Å². The number of hydrogen-bond donors (Lipinski definition) is 4. The maximum absolute atomic E-state index is 14.0. The lowest BCUT2D eigenvalue weighted by molar-refractivity contribution is -0.155. The summed E-state index contributed by atoms with van der Waals surface area (Å²) in [6.45, 7) is 6.29. The summed E-state index contributed by atoms with van der Waals surface area (Å²) in [5, 5.41) is 45.0. The van der Waals surface area contributed by atoms with Gasteiger partial charge < -0.3 is 25.2 Å². The number of aliphatic hydroxyl groups is 3. The Bertz CT molecular complexity index is 1560. The number of aromatic hydroxyl groups is 1. The molecular formula is C32H32O9. The summed E-state index contributed by atoms with van der Waals surface area (Å²) >= 11 is 0. The van der Waals surface area contributed by atoms with Gasteiger partial charge in [0.25, 0.3) is 0 Å². The van der Waals surface area contributed by atoms with E-state index in [0.29, 0.717) is 22.4 Å². The maximum Gasteiger partial charge on any atom is 0.310 e. The number of carbonyl (C=O) groups excluding carboxylic acids is 4. The fourth-order valence-electron chi connectivity index (χ4n) is 6.76. The van der Waals surface area contributed by atoms with Crippen LogP contribution in [0.4, 0.5) is 0 Å². The zero-order valence-electron chi connectivity index (χ0n) is 23.2. The van der Waals surface area contributed by atoms with Crippen LogP contribution in [0, 0.1) is 23.7 Å². The minimum atomic E-state index is -2.57. The molecule has 0 radical (unpaired) electrons. The van der Waals surface area contributed by atoms with E-state index in [1.54, 1.807) is 51.1 Å². The highest BCUT2D eigenvalue weighted by Crippen LogP contribution is 2.55. The summed E-state index contributed by atoms with van der Waals surface area (Å²) in [7, 11) is 0. The molecule has 0 spiro atoms. The molecule has 5 rings (SSSR count). The maximum atomic E-state index is 14.0. The summed E-state index contributed by atoms with van der Waals surface area (Å²) in [6, 6.07) is 9.84. The normalized spacial score (nSPS) is 25.6. The van der Waals surface area contributed by atoms with E-state index in [-0.39, 0.29) is 48.0 Å². The van der Waals surface area contributed by atoms with Gasteiger partial charge in [0.2, 0.25) is 5.78 Å². The summed E-state index contributed by atoms with van der Waals surface area (Å²) in [6.07, 6.45) is 0.503. The van der Waals surface area contributed by atoms with Crippen LogP contribution >= 0.6 is 0 Å². The Balaban J connectivity index is 1.65. The number of fused-ring (bicyclic) bond motifs is 3. The van der Waals surface area contributed by atoms with Crippen LogP contribution in [0.1, 0.15) is 51.7 Å². The molecule has 9 heteroatoms. The Labute approximate surface area is 236 Å². The molecule has 1 fully saturated rings. The fraction of sp³-hybridized carbons (Fsp3) is 0.375. The third-order valence-corrected chi connectivity index (χ3v) is 8.64. The Morgan fingerprint density at radius 1 is 1.05 bits per heavy atom. The van der Waals surface area contributed by atoms with E-state index in [2.05, 4.69) is 0 Å². The van der Waals surface area contributed by atoms with E-state index >= 15 is 0 Å². The standard InChI is InChI=1S/C32H32O9/c1-5-23(35)41-18-8-6-16(7-9-18)19-10-11-22(34)27-20(19)12-17-13-21-24(14(2)3)28(36)25(15(4)33)30(38)32(21,40)31(39)26(17)29(27)37/h6-11,14,17,21,24,34,37-38,40H,5,12-13H2,1-4H3. The second-order valence-electron chi connectivity index (χ2n) is 11.4. The first kappa shape index (κ1) is 28.3. The number of phenols is 1. The van der Waals surface area contributed by atoms with E-state index in [4.69, 9.17) is 4.74 Å². The van der Waals surface area contributed by atoms with Gasteiger partial charge in [-0.05, 0) is 66.5 Å². The molecule has 4 unspecified atom stereocenters. The number of aliphatic hydroxyl groups excluding tert-OH is 2. The monoisotopic (exact) mass is 560 g/mol. The Morgan fingerprint density at radius 2 is 1.71 bits per heavy atom. The SMILES string of the molecule is CCC(=O)Oc1ccc(-c2ccc(O)c3c2CC2CC4C(C(C)C)C(=O)C(C(C)=O)=C(O)C4(O)C(=O)C2=C3O)cc1. The number of rotatable bonds is 5. The molecule has 41 heavy (non-hydrogen) atoms. The first-order valence-corrected chi connectivity index (χ1v) is 13.7. The van der Waals surface area contributed by atoms with Crippen LogP contribution in [0.15, 0.2) is 53.3 Å². The van der Waals surface area contributed by atoms with Gasteiger partial charge in [-0.25, -0.2) is 0 Å². The van der Waals surface area contributed by atoms with Gasteiger partial charge in [0.05, 0.1) is 5.56 Å². The van der Waals surface area contributed by atoms with Crippen molar-refractivity contribution in [3.63, 3.8) is 0 Å². The molecular weight excluding hydrogens is 528 g/mol. The molecule has 214 valence electrons. The lowest BCUT2D eigenvalue weighted by Gasteiger charge is -2.50. The highest BCUT2D eigenvalue weighted by atomic mass is 16.5. The Morgan fingerprint density at radius 3 is 2.29 bits per heavy atom. The molecule has 4 N–H and O–H groups in total. The van der Waals surface area contributed by atoms with Crippen molar-refractivity contribution in [1.29, 1.82) is 0 Å². The first-order valence-electron chi connectivity index (χ1n) is 13.7. The second-order valence-corrected chi connectivity index (χ2v) is 11.4. The van der Waals surface area contributed by atoms with Crippen LogP contribution < -0.4 is 4.74 Å². The lowest BCUT2D eigenvalue weighted by Crippen LogP contribution is -2.61. The van der Waals surface area contributed by atoms with Crippen molar-refractivity contribution in [2.45, 2.75) is 52.6 Å². The van der Waals surface area contributed by atoms with Crippen LogP contribution in [0.5, 0.6) is 11.5 Å². The predicted octanol–water partition coefficient (Wildman–Crippen LogP) is 4.39. The molecule has 0 heterocycles. The number of carbonyl (C=O) groups is 4. The molecule has 0 saturated heterocycles. The van der Waals surface area contributed by atoms with Crippen LogP contribution in [0.25, 0.3) is 16.9 Å². The first-order chi connectivity index (χ1) is 19.3. The Hall–Kier alpha value is -4.24. The number of esters is 1. The van der Waals surface area contributed by atoms with Gasteiger partial charge in [-0.1, -0.05) is 39.0 Å². The van der Waals surface area contributed by atoms with E-state index in [1.807, 2.05) is 0 Å². The number of hydrogen-bond acceptors (Lipinski definition) is 9. The van der Waals surface area contributed by atoms with Crippen molar-refractivity contribution in [1.82, 2.24) is 0 Å². The minimum absolute atomic E-state index is 0.0354. The van der Waals surface area contributed by atoms with Gasteiger partial charge in [0, 0.05) is 23.8 Å². The summed E-state index contributed by atoms with van der Waals surface area (Å²) in [5.41, 5.74) is -1.33. The Kier molecular flexibility index (Phi) is 6.90. The number of allylic oxidation sites excluding steroid dienone is 1. The molecule has 2 aromatic rings. The van der Waals surface area contributed by atoms with Crippen molar-refractivity contribution < 1.29 is 44.3 Å². The van der Waals surface area contributed by atoms with Crippen molar-refractivity contribution in [3.05, 3.63) is 64.4 Å². The smallest absolute Gasteiger partial charge is 0.310 e. The largest absolute Gasteiger partial charge is 0.508 e. The van der Waals surface area contributed by atoms with Gasteiger partial charge in [-0.15, -0.1) is 0 Å². The van der Waals surface area contributed by atoms with E-state index in [1.165, 1.54) is 6.07 Å². The topological polar surface area (TPSA) is 158 Å². The van der Waals surface area contributed by atoms with Crippen LogP contribution in [0.2, 0.25) is 0 Å². The lowest BCUT2D eigenvalue weighted by atomic mass is 9.54. The third-order valence-electron chi connectivity index (χ3n) is 8.64. The third kappa shape index (κ3) is 4.18. The van der Waals surface area contributed by atoms with Crippen molar-refractivity contribution in [3.8, 4) is 22.6 Å². The molecule has 0 bridgehead atoms. The van der Waals surface area contributed by atoms with Gasteiger partial charge in [-0.2, -0.15) is 0 Å². The summed E-state index contributed by atoms with van der Waals surface area (Å²) < 4.78 is 5.25. The van der Waals surface area contributed by atoms with Crippen LogP contribution in [0.3, 0.4) is 0 Å². The number of ketones is 3. The molecule has 4 atom stereocenters. The molecule has 3 aliphatic rings. The predicted molar refractivity (Wildman–Crippen MR) is 148 cm³/mol.